The molecule has 0 fully saturated rings. The molecule has 18 heavy (non-hydrogen) atoms. The van der Waals surface area contributed by atoms with E-state index in [9.17, 15) is 5.26 Å². The molecule has 0 aliphatic carbocycles. The van der Waals surface area contributed by atoms with Crippen LogP contribution in [0.15, 0.2) is 34.3 Å². The molecule has 2 N–H and O–H groups in total. The lowest BCUT2D eigenvalue weighted by molar-refractivity contribution is 1.06. The van der Waals surface area contributed by atoms with Crippen molar-refractivity contribution >= 4 is 17.4 Å². The molecule has 5 heteroatoms. The quantitative estimate of drug-likeness (QED) is 0.894. The predicted octanol–water partition coefficient (Wildman–Crippen LogP) is 2.70. The van der Waals surface area contributed by atoms with E-state index < -0.39 is 0 Å². The molecule has 2 heterocycles. The van der Waals surface area contributed by atoms with Crippen LogP contribution in [0.5, 0.6) is 0 Å². The Hall–Kier alpha value is -2.06. The van der Waals surface area contributed by atoms with Crippen LogP contribution in [0.3, 0.4) is 0 Å². The molecule has 2 aromatic heterocycles. The number of aromatic nitrogens is 2. The van der Waals surface area contributed by atoms with Gasteiger partial charge in [-0.15, -0.1) is 0 Å². The number of hydrogen-bond donors (Lipinski definition) is 1. The highest BCUT2D eigenvalue weighted by atomic mass is 32.2. The summed E-state index contributed by atoms with van der Waals surface area (Å²) in [4.78, 5) is 9.34. The highest BCUT2D eigenvalue weighted by molar-refractivity contribution is 7.99. The van der Waals surface area contributed by atoms with Crippen LogP contribution >= 0.6 is 11.8 Å². The summed E-state index contributed by atoms with van der Waals surface area (Å²) in [7, 11) is 0. The van der Waals surface area contributed by atoms with E-state index in [-0.39, 0.29) is 0 Å². The molecular weight excluding hydrogens is 244 g/mol. The summed E-state index contributed by atoms with van der Waals surface area (Å²) in [5.41, 5.74) is 8.65. The van der Waals surface area contributed by atoms with E-state index in [1.807, 2.05) is 19.9 Å². The average molecular weight is 256 g/mol. The van der Waals surface area contributed by atoms with Crippen LogP contribution in [-0.4, -0.2) is 9.97 Å². The number of nitrogens with two attached hydrogens (primary N) is 1. The van der Waals surface area contributed by atoms with Crippen LogP contribution in [0, 0.1) is 25.2 Å². The zero-order valence-electron chi connectivity index (χ0n) is 10.1. The summed E-state index contributed by atoms with van der Waals surface area (Å²) in [6.07, 6.45) is 1.69. The molecule has 2 aromatic rings. The van der Waals surface area contributed by atoms with E-state index >= 15 is 0 Å². The number of nitriles is 1. The fraction of sp³-hybridized carbons (Fsp3) is 0.154. The number of aryl methyl sites for hydroxylation is 2. The molecule has 4 nitrogen and oxygen atoms in total. The third-order valence-corrected chi connectivity index (χ3v) is 3.49. The molecule has 0 aromatic carbocycles. The molecule has 0 radical (unpaired) electrons. The third kappa shape index (κ3) is 2.44. The van der Waals surface area contributed by atoms with Gasteiger partial charge in [0.25, 0.3) is 0 Å². The SMILES string of the molecule is Cc1cc(Sc2ncccc2N)c(C#N)c(C)n1. The van der Waals surface area contributed by atoms with E-state index in [1.165, 1.54) is 11.8 Å². The minimum atomic E-state index is 0.579. The van der Waals surface area contributed by atoms with Crippen LogP contribution in [0.25, 0.3) is 0 Å². The zero-order valence-corrected chi connectivity index (χ0v) is 11.0. The molecule has 0 amide bonds. The van der Waals surface area contributed by atoms with E-state index in [2.05, 4.69) is 16.0 Å². The van der Waals surface area contributed by atoms with Crippen molar-refractivity contribution in [1.82, 2.24) is 9.97 Å². The Labute approximate surface area is 110 Å². The van der Waals surface area contributed by atoms with Gasteiger partial charge in [-0.3, -0.25) is 4.98 Å². The van der Waals surface area contributed by atoms with E-state index in [1.54, 1.807) is 18.3 Å². The Morgan fingerprint density at radius 3 is 2.83 bits per heavy atom. The first kappa shape index (κ1) is 12.4. The minimum absolute atomic E-state index is 0.579. The summed E-state index contributed by atoms with van der Waals surface area (Å²) in [6.45, 7) is 3.73. The zero-order chi connectivity index (χ0) is 13.1. The Bertz CT molecular complexity index is 631. The first-order chi connectivity index (χ1) is 8.61. The van der Waals surface area contributed by atoms with Gasteiger partial charge in [-0.05, 0) is 32.0 Å². The highest BCUT2D eigenvalue weighted by Gasteiger charge is 2.11. The standard InChI is InChI=1S/C13H12N4S/c1-8-6-12(10(7-14)9(2)17-8)18-13-11(15)4-3-5-16-13/h3-6H,15H2,1-2H3. The Kier molecular flexibility index (Phi) is 3.49. The second kappa shape index (κ2) is 5.07. The number of nitrogens with zero attached hydrogens (tertiary/aromatic N) is 3. The van der Waals surface area contributed by atoms with Crippen molar-refractivity contribution < 1.29 is 0 Å². The fourth-order valence-electron chi connectivity index (χ4n) is 1.60. The maximum atomic E-state index is 9.18. The highest BCUT2D eigenvalue weighted by Crippen LogP contribution is 2.33. The summed E-state index contributed by atoms with van der Waals surface area (Å²) < 4.78 is 0. The molecule has 0 spiro atoms. The van der Waals surface area contributed by atoms with Gasteiger partial charge in [0, 0.05) is 16.8 Å². The van der Waals surface area contributed by atoms with Gasteiger partial charge in [0.15, 0.2) is 0 Å². The number of pyridine rings is 2. The molecule has 2 rings (SSSR count). The van der Waals surface area contributed by atoms with Crippen molar-refractivity contribution in [3.63, 3.8) is 0 Å². The average Bonchev–Trinajstić information content (AvgIpc) is 2.31. The summed E-state index contributed by atoms with van der Waals surface area (Å²) in [6, 6.07) is 7.64. The lowest BCUT2D eigenvalue weighted by Gasteiger charge is -2.08. The van der Waals surface area contributed by atoms with Crippen molar-refractivity contribution in [2.24, 2.45) is 0 Å². The topological polar surface area (TPSA) is 75.6 Å². The van der Waals surface area contributed by atoms with Gasteiger partial charge in [0.05, 0.1) is 16.9 Å². The number of nitrogen functional groups attached to an aromatic ring is 1. The first-order valence-electron chi connectivity index (χ1n) is 5.38. The van der Waals surface area contributed by atoms with Crippen molar-refractivity contribution in [2.75, 3.05) is 5.73 Å². The van der Waals surface area contributed by atoms with E-state index in [0.29, 0.717) is 16.3 Å². The number of hydrogen-bond acceptors (Lipinski definition) is 5. The van der Waals surface area contributed by atoms with Gasteiger partial charge in [-0.2, -0.15) is 5.26 Å². The molecule has 0 unspecified atom stereocenters. The van der Waals surface area contributed by atoms with Crippen LogP contribution in [0.2, 0.25) is 0 Å². The van der Waals surface area contributed by atoms with Gasteiger partial charge in [-0.25, -0.2) is 4.98 Å². The number of rotatable bonds is 2. The van der Waals surface area contributed by atoms with Crippen LogP contribution in [0.4, 0.5) is 5.69 Å². The second-order valence-electron chi connectivity index (χ2n) is 3.83. The minimum Gasteiger partial charge on any atom is -0.397 e. The molecule has 0 aliphatic heterocycles. The van der Waals surface area contributed by atoms with Crippen LogP contribution in [-0.2, 0) is 0 Å². The van der Waals surface area contributed by atoms with Crippen molar-refractivity contribution in [3.8, 4) is 6.07 Å². The van der Waals surface area contributed by atoms with Gasteiger partial charge >= 0.3 is 0 Å². The normalized spacial score (nSPS) is 10.1. The molecule has 90 valence electrons. The van der Waals surface area contributed by atoms with Crippen molar-refractivity contribution in [2.45, 2.75) is 23.8 Å². The lowest BCUT2D eigenvalue weighted by atomic mass is 10.2. The van der Waals surface area contributed by atoms with E-state index in [0.717, 1.165) is 16.3 Å². The third-order valence-electron chi connectivity index (χ3n) is 2.41. The molecule has 0 bridgehead atoms. The van der Waals surface area contributed by atoms with E-state index in [4.69, 9.17) is 5.73 Å². The van der Waals surface area contributed by atoms with Crippen LogP contribution in [0.1, 0.15) is 17.0 Å². The monoisotopic (exact) mass is 256 g/mol. The second-order valence-corrected chi connectivity index (χ2v) is 4.86. The molecular formula is C13H12N4S. The number of anilines is 1. The largest absolute Gasteiger partial charge is 0.397 e. The summed E-state index contributed by atoms with van der Waals surface area (Å²) in [5, 5.41) is 9.89. The van der Waals surface area contributed by atoms with Gasteiger partial charge < -0.3 is 5.73 Å². The molecule has 0 saturated carbocycles. The fourth-order valence-corrected chi connectivity index (χ4v) is 2.63. The summed E-state index contributed by atoms with van der Waals surface area (Å²) >= 11 is 1.40. The Morgan fingerprint density at radius 2 is 2.17 bits per heavy atom. The van der Waals surface area contributed by atoms with Gasteiger partial charge in [0.1, 0.15) is 11.1 Å². The Morgan fingerprint density at radius 1 is 1.39 bits per heavy atom. The molecule has 0 saturated heterocycles. The maximum absolute atomic E-state index is 9.18. The molecule has 0 aliphatic rings. The Balaban J connectivity index is 2.47. The first-order valence-corrected chi connectivity index (χ1v) is 6.20. The lowest BCUT2D eigenvalue weighted by Crippen LogP contribution is -1.96. The van der Waals surface area contributed by atoms with Crippen LogP contribution < -0.4 is 5.73 Å². The predicted molar refractivity (Wildman–Crippen MR) is 71.2 cm³/mol. The van der Waals surface area contributed by atoms with Gasteiger partial charge in [-0.1, -0.05) is 11.8 Å². The smallest absolute Gasteiger partial charge is 0.124 e. The van der Waals surface area contributed by atoms with Crippen molar-refractivity contribution in [1.29, 1.82) is 5.26 Å². The maximum Gasteiger partial charge on any atom is 0.124 e. The van der Waals surface area contributed by atoms with Crippen molar-refractivity contribution in [3.05, 3.63) is 41.3 Å². The van der Waals surface area contributed by atoms with Gasteiger partial charge in [0.2, 0.25) is 0 Å². The molecule has 0 atom stereocenters. The summed E-state index contributed by atoms with van der Waals surface area (Å²) in [5.74, 6) is 0.